The Kier molecular flexibility index (Phi) is 2.72. The van der Waals surface area contributed by atoms with E-state index in [1.54, 1.807) is 6.07 Å². The van der Waals surface area contributed by atoms with Gasteiger partial charge in [0.1, 0.15) is 4.88 Å². The van der Waals surface area contributed by atoms with Crippen LogP contribution in [0.3, 0.4) is 0 Å². The summed E-state index contributed by atoms with van der Waals surface area (Å²) >= 11 is 7.51. The fourth-order valence-electron chi connectivity index (χ4n) is 2.06. The highest BCUT2D eigenvalue weighted by Gasteiger charge is 2.34. The Morgan fingerprint density at radius 3 is 2.89 bits per heavy atom. The van der Waals surface area contributed by atoms with Gasteiger partial charge >= 0.3 is 0 Å². The molecule has 94 valence electrons. The van der Waals surface area contributed by atoms with Gasteiger partial charge in [0.2, 0.25) is 0 Å². The van der Waals surface area contributed by atoms with E-state index in [4.69, 9.17) is 17.3 Å². The van der Waals surface area contributed by atoms with Crippen molar-refractivity contribution in [3.05, 3.63) is 28.1 Å². The molecule has 0 aliphatic heterocycles. The lowest BCUT2D eigenvalue weighted by Crippen LogP contribution is -2.26. The van der Waals surface area contributed by atoms with Crippen molar-refractivity contribution in [3.8, 4) is 0 Å². The van der Waals surface area contributed by atoms with Crippen LogP contribution >= 0.6 is 22.9 Å². The van der Waals surface area contributed by atoms with Gasteiger partial charge in [-0.3, -0.25) is 4.79 Å². The van der Waals surface area contributed by atoms with Crippen LogP contribution in [0.1, 0.15) is 23.0 Å². The number of hydrogen-bond donors (Lipinski definition) is 2. The van der Waals surface area contributed by atoms with Crippen molar-refractivity contribution >= 4 is 44.6 Å². The largest absolute Gasteiger partial charge is 0.397 e. The van der Waals surface area contributed by atoms with Gasteiger partial charge in [-0.05, 0) is 24.5 Å². The van der Waals surface area contributed by atoms with Crippen LogP contribution in [-0.2, 0) is 0 Å². The number of hydrogen-bond acceptors (Lipinski definition) is 3. The Labute approximate surface area is 114 Å². The van der Waals surface area contributed by atoms with E-state index in [1.807, 2.05) is 12.1 Å². The van der Waals surface area contributed by atoms with Gasteiger partial charge in [0, 0.05) is 16.1 Å². The molecule has 0 radical (unpaired) electrons. The topological polar surface area (TPSA) is 55.1 Å². The molecule has 1 aliphatic rings. The predicted molar refractivity (Wildman–Crippen MR) is 76.3 cm³/mol. The molecule has 3 N–H and O–H groups in total. The highest BCUT2D eigenvalue weighted by molar-refractivity contribution is 7.21. The van der Waals surface area contributed by atoms with E-state index in [1.165, 1.54) is 11.3 Å². The third-order valence-corrected chi connectivity index (χ3v) is 4.82. The second kappa shape index (κ2) is 4.14. The predicted octanol–water partition coefficient (Wildman–Crippen LogP) is 3.28. The van der Waals surface area contributed by atoms with Crippen molar-refractivity contribution in [2.45, 2.75) is 19.4 Å². The summed E-state index contributed by atoms with van der Waals surface area (Å²) in [7, 11) is 0. The molecular weight excluding hydrogens is 268 g/mol. The van der Waals surface area contributed by atoms with Crippen LogP contribution < -0.4 is 11.1 Å². The van der Waals surface area contributed by atoms with Crippen LogP contribution in [0.25, 0.3) is 10.1 Å². The molecule has 3 rings (SSSR count). The number of nitrogens with two attached hydrogens (primary N) is 1. The molecule has 1 aromatic carbocycles. The summed E-state index contributed by atoms with van der Waals surface area (Å²) in [6, 6.07) is 5.89. The highest BCUT2D eigenvalue weighted by Crippen LogP contribution is 2.38. The first-order chi connectivity index (χ1) is 8.58. The van der Waals surface area contributed by atoms with E-state index in [0.717, 1.165) is 16.5 Å². The van der Waals surface area contributed by atoms with E-state index in [2.05, 4.69) is 12.2 Å². The second-order valence-corrected chi connectivity index (χ2v) is 6.21. The summed E-state index contributed by atoms with van der Waals surface area (Å²) in [5.74, 6) is 0.493. The minimum atomic E-state index is -0.0842. The second-order valence-electron chi connectivity index (χ2n) is 4.75. The molecule has 1 heterocycles. The van der Waals surface area contributed by atoms with Crippen molar-refractivity contribution in [3.63, 3.8) is 0 Å². The molecule has 0 saturated heterocycles. The van der Waals surface area contributed by atoms with Crippen molar-refractivity contribution < 1.29 is 4.79 Å². The van der Waals surface area contributed by atoms with Crippen molar-refractivity contribution in [1.82, 2.24) is 5.32 Å². The number of carbonyl (C=O) groups is 1. The molecular formula is C13H13ClN2OS. The van der Waals surface area contributed by atoms with Gasteiger partial charge in [0.15, 0.2) is 0 Å². The zero-order valence-electron chi connectivity index (χ0n) is 9.87. The van der Waals surface area contributed by atoms with Gasteiger partial charge in [0.25, 0.3) is 5.91 Å². The smallest absolute Gasteiger partial charge is 0.263 e. The Hall–Kier alpha value is -1.26. The molecule has 1 amide bonds. The lowest BCUT2D eigenvalue weighted by molar-refractivity contribution is 0.0954. The van der Waals surface area contributed by atoms with Crippen LogP contribution in [0.4, 0.5) is 5.69 Å². The molecule has 2 atom stereocenters. The number of nitrogens with one attached hydrogen (secondary N) is 1. The van der Waals surface area contributed by atoms with Crippen molar-refractivity contribution in [1.29, 1.82) is 0 Å². The molecule has 1 aromatic heterocycles. The van der Waals surface area contributed by atoms with Gasteiger partial charge in [-0.25, -0.2) is 0 Å². The third kappa shape index (κ3) is 1.85. The molecule has 1 aliphatic carbocycles. The molecule has 18 heavy (non-hydrogen) atoms. The molecule has 2 aromatic rings. The Morgan fingerprint density at radius 1 is 1.56 bits per heavy atom. The minimum absolute atomic E-state index is 0.0842. The zero-order valence-corrected chi connectivity index (χ0v) is 11.4. The van der Waals surface area contributed by atoms with Crippen LogP contribution in [0.15, 0.2) is 18.2 Å². The molecule has 0 spiro atoms. The van der Waals surface area contributed by atoms with Crippen LogP contribution in [0.2, 0.25) is 5.02 Å². The van der Waals surface area contributed by atoms with E-state index < -0.39 is 0 Å². The summed E-state index contributed by atoms with van der Waals surface area (Å²) in [6.07, 6.45) is 1.05. The summed E-state index contributed by atoms with van der Waals surface area (Å²) in [5.41, 5.74) is 6.53. The first-order valence-corrected chi connectivity index (χ1v) is 7.04. The highest BCUT2D eigenvalue weighted by atomic mass is 35.5. The third-order valence-electron chi connectivity index (χ3n) is 3.33. The fourth-order valence-corrected chi connectivity index (χ4v) is 3.44. The van der Waals surface area contributed by atoms with E-state index >= 15 is 0 Å². The number of thiophene rings is 1. The minimum Gasteiger partial charge on any atom is -0.397 e. The SMILES string of the molecule is CC1CC1NC(=O)c1sc2cccc(Cl)c2c1N. The average Bonchev–Trinajstić information content (AvgIpc) is 2.87. The first kappa shape index (κ1) is 11.8. The monoisotopic (exact) mass is 280 g/mol. The van der Waals surface area contributed by atoms with Gasteiger partial charge in [-0.2, -0.15) is 0 Å². The Bertz CT molecular complexity index is 637. The lowest BCUT2D eigenvalue weighted by atomic mass is 10.2. The van der Waals surface area contributed by atoms with Crippen LogP contribution in [-0.4, -0.2) is 11.9 Å². The van der Waals surface area contributed by atoms with Gasteiger partial charge < -0.3 is 11.1 Å². The number of anilines is 1. The van der Waals surface area contributed by atoms with E-state index in [-0.39, 0.29) is 5.91 Å². The van der Waals surface area contributed by atoms with Crippen LogP contribution in [0, 0.1) is 5.92 Å². The average molecular weight is 281 g/mol. The molecule has 5 heteroatoms. The number of carbonyl (C=O) groups excluding carboxylic acids is 1. The number of nitrogen functional groups attached to an aromatic ring is 1. The maximum atomic E-state index is 12.1. The van der Waals surface area contributed by atoms with Crippen molar-refractivity contribution in [2.24, 2.45) is 5.92 Å². The zero-order chi connectivity index (χ0) is 12.9. The van der Waals surface area contributed by atoms with Gasteiger partial charge in [0.05, 0.1) is 10.7 Å². The van der Waals surface area contributed by atoms with Gasteiger partial charge in [-0.15, -0.1) is 11.3 Å². The van der Waals surface area contributed by atoms with Crippen LogP contribution in [0.5, 0.6) is 0 Å². The fraction of sp³-hybridized carbons (Fsp3) is 0.308. The molecule has 0 bridgehead atoms. The molecule has 3 nitrogen and oxygen atoms in total. The number of amides is 1. The number of rotatable bonds is 2. The lowest BCUT2D eigenvalue weighted by Gasteiger charge is -2.02. The van der Waals surface area contributed by atoms with E-state index in [0.29, 0.717) is 27.5 Å². The Balaban J connectivity index is 1.99. The maximum Gasteiger partial charge on any atom is 0.263 e. The molecule has 1 fully saturated rings. The normalized spacial score (nSPS) is 22.1. The van der Waals surface area contributed by atoms with Gasteiger partial charge in [-0.1, -0.05) is 24.6 Å². The maximum absolute atomic E-state index is 12.1. The standard InChI is InChI=1S/C13H13ClN2OS/c1-6-5-8(6)16-13(17)12-11(15)10-7(14)3-2-4-9(10)18-12/h2-4,6,8H,5,15H2,1H3,(H,16,17). The Morgan fingerprint density at radius 2 is 2.28 bits per heavy atom. The quantitative estimate of drug-likeness (QED) is 0.887. The molecule has 2 unspecified atom stereocenters. The number of fused-ring (bicyclic) bond motifs is 1. The summed E-state index contributed by atoms with van der Waals surface area (Å²) in [4.78, 5) is 12.7. The van der Waals surface area contributed by atoms with E-state index in [9.17, 15) is 4.79 Å². The molecule has 1 saturated carbocycles. The summed E-state index contributed by atoms with van der Waals surface area (Å²) in [6.45, 7) is 2.12. The number of halogens is 1. The summed E-state index contributed by atoms with van der Waals surface area (Å²) in [5, 5.41) is 4.38. The first-order valence-electron chi connectivity index (χ1n) is 5.85. The number of benzene rings is 1. The summed E-state index contributed by atoms with van der Waals surface area (Å²) < 4.78 is 0.953. The van der Waals surface area contributed by atoms with Crippen molar-refractivity contribution in [2.75, 3.05) is 5.73 Å².